The summed E-state index contributed by atoms with van der Waals surface area (Å²) in [6.07, 6.45) is 2.39. The van der Waals surface area contributed by atoms with Gasteiger partial charge in [0, 0.05) is 35.2 Å². The van der Waals surface area contributed by atoms with E-state index in [0.29, 0.717) is 18.7 Å². The van der Waals surface area contributed by atoms with Crippen LogP contribution >= 0.6 is 11.3 Å². The number of nitro groups is 1. The number of nitro benzene ring substituents is 1. The largest absolute Gasteiger partial charge is 0.330 e. The summed E-state index contributed by atoms with van der Waals surface area (Å²) in [4.78, 5) is 42.7. The summed E-state index contributed by atoms with van der Waals surface area (Å²) >= 11 is 1.71. The number of hydrogen-bond donors (Lipinski definition) is 0. The maximum atomic E-state index is 13.7. The third-order valence-electron chi connectivity index (χ3n) is 6.45. The van der Waals surface area contributed by atoms with Crippen LogP contribution in [0.3, 0.4) is 0 Å². The van der Waals surface area contributed by atoms with E-state index in [4.69, 9.17) is 0 Å². The topological polar surface area (TPSA) is 83.8 Å². The predicted octanol–water partition coefficient (Wildman–Crippen LogP) is 5.38. The fourth-order valence-electron chi connectivity index (χ4n) is 4.56. The Kier molecular flexibility index (Phi) is 7.60. The number of benzene rings is 2. The van der Waals surface area contributed by atoms with Gasteiger partial charge in [0.25, 0.3) is 11.6 Å². The number of rotatable bonds is 8. The number of nitrogens with zero attached hydrogens (tertiary/aromatic N) is 3. The van der Waals surface area contributed by atoms with Gasteiger partial charge in [-0.1, -0.05) is 49.7 Å². The Morgan fingerprint density at radius 2 is 1.94 bits per heavy atom. The van der Waals surface area contributed by atoms with E-state index in [0.717, 1.165) is 30.4 Å². The van der Waals surface area contributed by atoms with Gasteiger partial charge >= 0.3 is 0 Å². The van der Waals surface area contributed by atoms with Crippen LogP contribution in [0, 0.1) is 17.0 Å². The number of aryl methyl sites for hydroxylation is 1. The molecule has 2 aromatic carbocycles. The molecule has 2 heterocycles. The van der Waals surface area contributed by atoms with E-state index in [2.05, 4.69) is 11.4 Å². The summed E-state index contributed by atoms with van der Waals surface area (Å²) in [5.41, 5.74) is 2.81. The molecule has 0 spiro atoms. The van der Waals surface area contributed by atoms with E-state index in [9.17, 15) is 19.7 Å². The van der Waals surface area contributed by atoms with Gasteiger partial charge < -0.3 is 9.80 Å². The van der Waals surface area contributed by atoms with Gasteiger partial charge in [-0.05, 0) is 48.4 Å². The van der Waals surface area contributed by atoms with Crippen molar-refractivity contribution >= 4 is 28.8 Å². The Balaban J connectivity index is 1.61. The average Bonchev–Trinajstić information content (AvgIpc) is 3.35. The SMILES string of the molecule is CCCCN(CC(=O)N1CCc2sccc2C1c1ccccc1)C(=O)c1ccc(C)c([N+](=O)[O-])c1. The third-order valence-corrected chi connectivity index (χ3v) is 7.45. The van der Waals surface area contributed by atoms with Crippen LogP contribution in [0.15, 0.2) is 60.0 Å². The molecule has 3 aromatic rings. The van der Waals surface area contributed by atoms with Gasteiger partial charge in [0.1, 0.15) is 6.54 Å². The average molecular weight is 492 g/mol. The van der Waals surface area contributed by atoms with Crippen LogP contribution in [0.5, 0.6) is 0 Å². The Hall–Kier alpha value is -3.52. The molecule has 8 heteroatoms. The second-order valence-corrected chi connectivity index (χ2v) is 9.79. The molecule has 1 aliphatic rings. The molecule has 0 N–H and O–H groups in total. The van der Waals surface area contributed by atoms with Gasteiger partial charge in [-0.25, -0.2) is 0 Å². The highest BCUT2D eigenvalue weighted by atomic mass is 32.1. The van der Waals surface area contributed by atoms with E-state index in [1.54, 1.807) is 30.4 Å². The highest BCUT2D eigenvalue weighted by molar-refractivity contribution is 7.10. The first kappa shape index (κ1) is 24.6. The van der Waals surface area contributed by atoms with Gasteiger partial charge in [0.2, 0.25) is 5.91 Å². The third kappa shape index (κ3) is 5.27. The molecule has 0 fully saturated rings. The molecule has 1 aromatic heterocycles. The lowest BCUT2D eigenvalue weighted by atomic mass is 9.93. The molecule has 182 valence electrons. The Morgan fingerprint density at radius 1 is 1.17 bits per heavy atom. The number of amides is 2. The summed E-state index contributed by atoms with van der Waals surface area (Å²) in [7, 11) is 0. The van der Waals surface area contributed by atoms with Crippen molar-refractivity contribution in [2.45, 2.75) is 39.2 Å². The van der Waals surface area contributed by atoms with Crippen LogP contribution in [-0.4, -0.2) is 46.2 Å². The smallest absolute Gasteiger partial charge is 0.273 e. The summed E-state index contributed by atoms with van der Waals surface area (Å²) in [6.45, 7) is 4.59. The summed E-state index contributed by atoms with van der Waals surface area (Å²) in [5.74, 6) is -0.485. The molecule has 0 saturated carbocycles. The van der Waals surface area contributed by atoms with Gasteiger partial charge in [-0.3, -0.25) is 19.7 Å². The van der Waals surface area contributed by atoms with E-state index < -0.39 is 4.92 Å². The van der Waals surface area contributed by atoms with Crippen molar-refractivity contribution in [3.05, 3.63) is 97.2 Å². The monoisotopic (exact) mass is 491 g/mol. The second-order valence-electron chi connectivity index (χ2n) is 8.79. The molecule has 1 atom stereocenters. The van der Waals surface area contributed by atoms with Gasteiger partial charge in [-0.2, -0.15) is 0 Å². The number of hydrogen-bond acceptors (Lipinski definition) is 5. The Labute approximate surface area is 209 Å². The standard InChI is InChI=1S/C27H29N3O4S/c1-3-4-14-28(27(32)21-11-10-19(2)23(17-21)30(33)34)18-25(31)29-15-12-24-22(13-16-35-24)26(29)20-8-6-5-7-9-20/h5-11,13,16-17,26H,3-4,12,14-15,18H2,1-2H3. The first-order chi connectivity index (χ1) is 16.9. The van der Waals surface area contributed by atoms with E-state index in [-0.39, 0.29) is 35.7 Å². The molecule has 2 amide bonds. The van der Waals surface area contributed by atoms with Crippen LogP contribution < -0.4 is 0 Å². The highest BCUT2D eigenvalue weighted by Gasteiger charge is 2.34. The number of thiophene rings is 1. The second kappa shape index (κ2) is 10.8. The first-order valence-electron chi connectivity index (χ1n) is 11.9. The van der Waals surface area contributed by atoms with Crippen molar-refractivity contribution in [2.75, 3.05) is 19.6 Å². The number of unbranched alkanes of at least 4 members (excludes halogenated alkanes) is 1. The maximum Gasteiger partial charge on any atom is 0.273 e. The van der Waals surface area contributed by atoms with Crippen molar-refractivity contribution < 1.29 is 14.5 Å². The molecule has 4 rings (SSSR count). The van der Waals surface area contributed by atoms with E-state index in [1.807, 2.05) is 42.2 Å². The molecular formula is C27H29N3O4S. The molecule has 0 saturated heterocycles. The Bertz CT molecular complexity index is 1220. The van der Waals surface area contributed by atoms with Crippen LogP contribution in [0.4, 0.5) is 5.69 Å². The van der Waals surface area contributed by atoms with Crippen LogP contribution in [-0.2, 0) is 11.2 Å². The van der Waals surface area contributed by atoms with Crippen molar-refractivity contribution in [2.24, 2.45) is 0 Å². The lowest BCUT2D eigenvalue weighted by molar-refractivity contribution is -0.385. The summed E-state index contributed by atoms with van der Waals surface area (Å²) in [6, 6.07) is 16.3. The minimum Gasteiger partial charge on any atom is -0.330 e. The van der Waals surface area contributed by atoms with Crippen molar-refractivity contribution in [1.29, 1.82) is 0 Å². The van der Waals surface area contributed by atoms with Crippen molar-refractivity contribution in [3.63, 3.8) is 0 Å². The van der Waals surface area contributed by atoms with E-state index in [1.165, 1.54) is 15.8 Å². The maximum absolute atomic E-state index is 13.7. The fourth-order valence-corrected chi connectivity index (χ4v) is 5.46. The van der Waals surface area contributed by atoms with Gasteiger partial charge in [-0.15, -0.1) is 11.3 Å². The molecular weight excluding hydrogens is 462 g/mol. The summed E-state index contributed by atoms with van der Waals surface area (Å²) < 4.78 is 0. The van der Waals surface area contributed by atoms with Gasteiger partial charge in [0.05, 0.1) is 11.0 Å². The first-order valence-corrected chi connectivity index (χ1v) is 12.7. The zero-order valence-corrected chi connectivity index (χ0v) is 20.8. The molecule has 35 heavy (non-hydrogen) atoms. The highest BCUT2D eigenvalue weighted by Crippen LogP contribution is 2.37. The van der Waals surface area contributed by atoms with Crippen LogP contribution in [0.2, 0.25) is 0 Å². The van der Waals surface area contributed by atoms with Crippen molar-refractivity contribution in [3.8, 4) is 0 Å². The Morgan fingerprint density at radius 3 is 2.66 bits per heavy atom. The zero-order valence-electron chi connectivity index (χ0n) is 20.0. The van der Waals surface area contributed by atoms with Crippen molar-refractivity contribution in [1.82, 2.24) is 9.80 Å². The normalized spacial score (nSPS) is 14.9. The summed E-state index contributed by atoms with van der Waals surface area (Å²) in [5, 5.41) is 13.5. The molecule has 1 aliphatic heterocycles. The van der Waals surface area contributed by atoms with Crippen LogP contribution in [0.1, 0.15) is 57.7 Å². The zero-order chi connectivity index (χ0) is 24.9. The molecule has 7 nitrogen and oxygen atoms in total. The minimum atomic E-state index is -0.482. The fraction of sp³-hybridized carbons (Fsp3) is 0.333. The lowest BCUT2D eigenvalue weighted by Gasteiger charge is -2.37. The number of carbonyl (C=O) groups is 2. The molecule has 0 bridgehead atoms. The molecule has 1 unspecified atom stereocenters. The molecule has 0 aliphatic carbocycles. The quantitative estimate of drug-likeness (QED) is 0.313. The molecule has 0 radical (unpaired) electrons. The number of carbonyl (C=O) groups excluding carboxylic acids is 2. The minimum absolute atomic E-state index is 0.0662. The van der Waals surface area contributed by atoms with Gasteiger partial charge in [0.15, 0.2) is 0 Å². The number of fused-ring (bicyclic) bond motifs is 1. The predicted molar refractivity (Wildman–Crippen MR) is 137 cm³/mol. The lowest BCUT2D eigenvalue weighted by Crippen LogP contribution is -2.47. The van der Waals surface area contributed by atoms with Crippen LogP contribution in [0.25, 0.3) is 0 Å². The van der Waals surface area contributed by atoms with E-state index >= 15 is 0 Å².